The maximum Gasteiger partial charge on any atom is 0.255 e. The normalized spacial score (nSPS) is 21.8. The van der Waals surface area contributed by atoms with Gasteiger partial charge >= 0.3 is 0 Å². The van der Waals surface area contributed by atoms with Crippen molar-refractivity contribution in [2.45, 2.75) is 78.0 Å². The van der Waals surface area contributed by atoms with Crippen molar-refractivity contribution < 1.29 is 13.9 Å². The van der Waals surface area contributed by atoms with Gasteiger partial charge in [-0.2, -0.15) is 5.10 Å². The van der Waals surface area contributed by atoms with Crippen LogP contribution in [-0.4, -0.2) is 68.5 Å². The van der Waals surface area contributed by atoms with Crippen molar-refractivity contribution in [2.24, 2.45) is 15.5 Å². The molecule has 3 aliphatic rings. The molecule has 0 bridgehead atoms. The quantitative estimate of drug-likeness (QED) is 0.256. The summed E-state index contributed by atoms with van der Waals surface area (Å²) >= 11 is 0. The van der Waals surface area contributed by atoms with Crippen molar-refractivity contribution in [3.05, 3.63) is 82.8 Å². The molecule has 2 aromatic rings. The molecule has 2 aromatic carbocycles. The zero-order valence-electron chi connectivity index (χ0n) is 28.8. The van der Waals surface area contributed by atoms with E-state index in [2.05, 4.69) is 91.2 Å². The lowest BCUT2D eigenvalue weighted by molar-refractivity contribution is -0.115. The molecular weight excluding hydrogens is 593 g/mol. The van der Waals surface area contributed by atoms with E-state index in [0.717, 1.165) is 65.6 Å². The molecule has 252 valence electrons. The molecule has 2 unspecified atom stereocenters. The van der Waals surface area contributed by atoms with Gasteiger partial charge < -0.3 is 25.7 Å². The minimum absolute atomic E-state index is 0.0769. The van der Waals surface area contributed by atoms with Crippen LogP contribution in [0.4, 0.5) is 4.39 Å². The number of carbonyl (C=O) groups is 1. The van der Waals surface area contributed by atoms with E-state index in [0.29, 0.717) is 18.7 Å². The van der Waals surface area contributed by atoms with Crippen molar-refractivity contribution >= 4 is 23.0 Å². The Balaban J connectivity index is 1.30. The lowest BCUT2D eigenvalue weighted by Crippen LogP contribution is -2.44. The maximum absolute atomic E-state index is 14.0. The highest BCUT2D eigenvalue weighted by Crippen LogP contribution is 2.37. The fraction of sp³-hybridized carbons (Fsp3) is 0.486. The van der Waals surface area contributed by atoms with Crippen LogP contribution in [0.3, 0.4) is 0 Å². The zero-order valence-corrected chi connectivity index (χ0v) is 28.8. The molecule has 9 nitrogen and oxygen atoms in total. The molecular formula is C37H50FN7O2. The van der Waals surface area contributed by atoms with Gasteiger partial charge in [0.2, 0.25) is 0 Å². The van der Waals surface area contributed by atoms with E-state index in [1.165, 1.54) is 12.1 Å². The van der Waals surface area contributed by atoms with Crippen LogP contribution in [0.2, 0.25) is 0 Å². The first kappa shape index (κ1) is 34.3. The molecule has 0 radical (unpaired) electrons. The fourth-order valence-electron chi connectivity index (χ4n) is 6.09. The van der Waals surface area contributed by atoms with E-state index in [9.17, 15) is 9.18 Å². The summed E-state index contributed by atoms with van der Waals surface area (Å²) in [6.45, 7) is 12.9. The molecule has 0 aromatic heterocycles. The van der Waals surface area contributed by atoms with Gasteiger partial charge in [-0.05, 0) is 86.4 Å². The molecule has 4 N–H and O–H groups in total. The van der Waals surface area contributed by atoms with Gasteiger partial charge in [0.05, 0.1) is 24.8 Å². The first-order chi connectivity index (χ1) is 22.4. The summed E-state index contributed by atoms with van der Waals surface area (Å²) in [6, 6.07) is 12.2. The number of carbonyl (C=O) groups excluding carboxylic acids is 1. The Morgan fingerprint density at radius 2 is 1.94 bits per heavy atom. The molecule has 0 saturated heterocycles. The summed E-state index contributed by atoms with van der Waals surface area (Å²) in [6.07, 6.45) is 6.27. The molecule has 1 aliphatic carbocycles. The van der Waals surface area contributed by atoms with Gasteiger partial charge in [-0.1, -0.05) is 58.9 Å². The van der Waals surface area contributed by atoms with Crippen LogP contribution in [0.25, 0.3) is 5.57 Å². The van der Waals surface area contributed by atoms with Crippen molar-refractivity contribution in [2.75, 3.05) is 33.9 Å². The van der Waals surface area contributed by atoms with Crippen molar-refractivity contribution in [3.8, 4) is 5.75 Å². The topological polar surface area (TPSA) is 102 Å². The molecule has 47 heavy (non-hydrogen) atoms. The number of benzene rings is 2. The Hall–Kier alpha value is -4.02. The average Bonchev–Trinajstić information content (AvgIpc) is 3.03. The molecule has 2 heterocycles. The van der Waals surface area contributed by atoms with Crippen LogP contribution in [0.15, 0.2) is 70.4 Å². The number of nitrogens with one attached hydrogen (secondary N) is 4. The highest BCUT2D eigenvalue weighted by atomic mass is 19.1. The molecule has 0 fully saturated rings. The molecule has 0 saturated carbocycles. The van der Waals surface area contributed by atoms with E-state index in [-0.39, 0.29) is 41.2 Å². The average molecular weight is 644 g/mol. The van der Waals surface area contributed by atoms with Crippen LogP contribution >= 0.6 is 0 Å². The minimum Gasteiger partial charge on any atom is -0.475 e. The van der Waals surface area contributed by atoms with Crippen LogP contribution in [0.1, 0.15) is 82.4 Å². The number of halogens is 1. The standard InChI is InChI=1S/C37H50FN7O2/c1-23-9-15-29(28-16-14-27(19-30(23)28)47-34-21-33(40-22-41-34)39-17-8-18-45(6)7)36(46)42-31-20-32(37(3,4)5)43-44-35(31)24(2)25-10-12-26(38)13-11-25/h10-16,19-20,23-24,34-35,41,44H,8-9,17-18,21-22H2,1-7H3,(H,39,40)(H,42,46)/t23?,24-,34?,35-/m1/s1. The summed E-state index contributed by atoms with van der Waals surface area (Å²) in [5.74, 6) is 1.44. The number of nitrogens with zero attached hydrogens (tertiary/aromatic N) is 3. The van der Waals surface area contributed by atoms with Crippen LogP contribution in [-0.2, 0) is 4.79 Å². The van der Waals surface area contributed by atoms with Gasteiger partial charge in [0.25, 0.3) is 5.91 Å². The minimum atomic E-state index is -0.298. The van der Waals surface area contributed by atoms with Crippen molar-refractivity contribution in [3.63, 3.8) is 0 Å². The molecule has 10 heteroatoms. The Morgan fingerprint density at radius 1 is 1.17 bits per heavy atom. The maximum atomic E-state index is 14.0. The summed E-state index contributed by atoms with van der Waals surface area (Å²) < 4.78 is 20.1. The molecule has 2 aliphatic heterocycles. The Bertz CT molecular complexity index is 1560. The summed E-state index contributed by atoms with van der Waals surface area (Å²) in [5.41, 5.74) is 8.25. The van der Waals surface area contributed by atoms with E-state index in [1.807, 2.05) is 24.3 Å². The number of amides is 1. The third-order valence-electron chi connectivity index (χ3n) is 8.99. The molecule has 0 spiro atoms. The lowest BCUT2D eigenvalue weighted by atomic mass is 9.83. The first-order valence-electron chi connectivity index (χ1n) is 16.7. The number of hydrogen-bond donors (Lipinski definition) is 4. The Morgan fingerprint density at radius 3 is 2.66 bits per heavy atom. The zero-order chi connectivity index (χ0) is 33.7. The van der Waals surface area contributed by atoms with Crippen molar-refractivity contribution in [1.82, 2.24) is 26.3 Å². The molecule has 5 rings (SSSR count). The SMILES string of the molecule is CC1CC=C(C(=O)NC2=CC(C(C)(C)C)=NN[C@@H]2[C@H](C)c2ccc(F)cc2)c2ccc(OC3CC(NCCCN(C)C)=NCN3)cc21. The van der Waals surface area contributed by atoms with E-state index in [4.69, 9.17) is 4.74 Å². The lowest BCUT2D eigenvalue weighted by Gasteiger charge is -2.33. The molecule has 1 amide bonds. The van der Waals surface area contributed by atoms with Gasteiger partial charge in [0.1, 0.15) is 17.4 Å². The third kappa shape index (κ3) is 8.67. The van der Waals surface area contributed by atoms with Crippen LogP contribution in [0.5, 0.6) is 5.75 Å². The van der Waals surface area contributed by atoms with E-state index in [1.54, 1.807) is 12.1 Å². The fourth-order valence-corrected chi connectivity index (χ4v) is 6.09. The second-order valence-corrected chi connectivity index (χ2v) is 14.1. The van der Waals surface area contributed by atoms with E-state index < -0.39 is 0 Å². The highest BCUT2D eigenvalue weighted by Gasteiger charge is 2.32. The molecule has 4 atom stereocenters. The summed E-state index contributed by atoms with van der Waals surface area (Å²) in [5, 5.41) is 14.7. The van der Waals surface area contributed by atoms with Crippen LogP contribution < -0.4 is 26.1 Å². The number of fused-ring (bicyclic) bond motifs is 1. The number of allylic oxidation sites excluding steroid dienone is 2. The van der Waals surface area contributed by atoms with Gasteiger partial charge in [0.15, 0.2) is 6.23 Å². The monoisotopic (exact) mass is 643 g/mol. The second kappa shape index (κ2) is 14.8. The largest absolute Gasteiger partial charge is 0.475 e. The van der Waals surface area contributed by atoms with Gasteiger partial charge in [-0.25, -0.2) is 4.39 Å². The third-order valence-corrected chi connectivity index (χ3v) is 8.99. The Labute approximate surface area is 278 Å². The highest BCUT2D eigenvalue weighted by molar-refractivity contribution is 6.21. The number of ether oxygens (including phenoxy) is 1. The van der Waals surface area contributed by atoms with Gasteiger partial charge in [0, 0.05) is 29.1 Å². The Kier molecular flexibility index (Phi) is 10.8. The van der Waals surface area contributed by atoms with Gasteiger partial charge in [-0.15, -0.1) is 0 Å². The van der Waals surface area contributed by atoms with Gasteiger partial charge in [-0.3, -0.25) is 15.1 Å². The number of amidine groups is 1. The first-order valence-corrected chi connectivity index (χ1v) is 16.7. The number of rotatable bonds is 10. The predicted octanol–water partition coefficient (Wildman–Crippen LogP) is 5.49. The number of hydrogen-bond acceptors (Lipinski definition) is 8. The smallest absolute Gasteiger partial charge is 0.255 e. The van der Waals surface area contributed by atoms with Crippen molar-refractivity contribution in [1.29, 1.82) is 0 Å². The summed E-state index contributed by atoms with van der Waals surface area (Å²) in [7, 11) is 4.15. The number of hydrazone groups is 1. The number of aliphatic imine (C=N–C) groups is 1. The predicted molar refractivity (Wildman–Crippen MR) is 188 cm³/mol. The van der Waals surface area contributed by atoms with E-state index >= 15 is 0 Å². The second-order valence-electron chi connectivity index (χ2n) is 14.1. The summed E-state index contributed by atoms with van der Waals surface area (Å²) in [4.78, 5) is 20.8. The van der Waals surface area contributed by atoms with Crippen LogP contribution in [0, 0.1) is 11.2 Å².